The number of halogens is 2. The van der Waals surface area contributed by atoms with Gasteiger partial charge in [-0.15, -0.1) is 0 Å². The van der Waals surface area contributed by atoms with E-state index in [4.69, 9.17) is 0 Å². The standard InChI is InChI=1S/C13H10BrFN2O2/c14-9-1-2-11(15)8(5-9)6-17-13(19)10-3-4-16-7-12(10)18/h1-5,7,18H,6H2,(H,17,19). The summed E-state index contributed by atoms with van der Waals surface area (Å²) in [5.41, 5.74) is 0.460. The Labute approximate surface area is 117 Å². The molecular weight excluding hydrogens is 315 g/mol. The lowest BCUT2D eigenvalue weighted by atomic mass is 10.2. The number of rotatable bonds is 3. The molecule has 2 rings (SSSR count). The molecule has 0 aliphatic heterocycles. The van der Waals surface area contributed by atoms with Gasteiger partial charge in [0.1, 0.15) is 11.6 Å². The van der Waals surface area contributed by atoms with Gasteiger partial charge in [-0.1, -0.05) is 15.9 Å². The fourth-order valence-corrected chi connectivity index (χ4v) is 1.94. The first-order chi connectivity index (χ1) is 9.08. The predicted molar refractivity (Wildman–Crippen MR) is 71.2 cm³/mol. The van der Waals surface area contributed by atoms with E-state index in [0.29, 0.717) is 5.56 Å². The van der Waals surface area contributed by atoms with Crippen LogP contribution in [0.25, 0.3) is 0 Å². The Kier molecular flexibility index (Phi) is 4.11. The van der Waals surface area contributed by atoms with E-state index in [2.05, 4.69) is 26.2 Å². The fourth-order valence-electron chi connectivity index (χ4n) is 1.53. The van der Waals surface area contributed by atoms with Gasteiger partial charge in [-0.2, -0.15) is 0 Å². The van der Waals surface area contributed by atoms with Gasteiger partial charge in [0.2, 0.25) is 0 Å². The molecule has 1 heterocycles. The van der Waals surface area contributed by atoms with Gasteiger partial charge in [-0.3, -0.25) is 9.78 Å². The minimum Gasteiger partial charge on any atom is -0.505 e. The molecular formula is C13H10BrFN2O2. The van der Waals surface area contributed by atoms with Crippen LogP contribution in [0.3, 0.4) is 0 Å². The number of pyridine rings is 1. The Morgan fingerprint density at radius 2 is 2.21 bits per heavy atom. The molecule has 0 spiro atoms. The van der Waals surface area contributed by atoms with Crippen molar-refractivity contribution in [2.75, 3.05) is 0 Å². The van der Waals surface area contributed by atoms with Gasteiger partial charge in [0.25, 0.3) is 5.91 Å². The van der Waals surface area contributed by atoms with E-state index >= 15 is 0 Å². The summed E-state index contributed by atoms with van der Waals surface area (Å²) in [6.07, 6.45) is 2.57. The lowest BCUT2D eigenvalue weighted by molar-refractivity contribution is 0.0948. The van der Waals surface area contributed by atoms with Gasteiger partial charge in [-0.05, 0) is 24.3 Å². The van der Waals surface area contributed by atoms with Crippen molar-refractivity contribution in [2.24, 2.45) is 0 Å². The van der Waals surface area contributed by atoms with Crippen LogP contribution in [0.5, 0.6) is 5.75 Å². The summed E-state index contributed by atoms with van der Waals surface area (Å²) in [4.78, 5) is 15.5. The van der Waals surface area contributed by atoms with Crippen molar-refractivity contribution in [1.29, 1.82) is 0 Å². The molecule has 0 radical (unpaired) electrons. The fraction of sp³-hybridized carbons (Fsp3) is 0.0769. The van der Waals surface area contributed by atoms with Crippen molar-refractivity contribution in [3.8, 4) is 5.75 Å². The summed E-state index contributed by atoms with van der Waals surface area (Å²) in [5.74, 6) is -1.10. The number of aromatic nitrogens is 1. The molecule has 0 aliphatic carbocycles. The number of carbonyl (C=O) groups is 1. The van der Waals surface area contributed by atoms with Crippen LogP contribution < -0.4 is 5.32 Å². The summed E-state index contributed by atoms with van der Waals surface area (Å²) in [5, 5.41) is 12.0. The van der Waals surface area contributed by atoms with Crippen LogP contribution in [0.15, 0.2) is 41.1 Å². The molecule has 2 N–H and O–H groups in total. The molecule has 4 nitrogen and oxygen atoms in total. The van der Waals surface area contributed by atoms with E-state index in [-0.39, 0.29) is 17.9 Å². The Hall–Kier alpha value is -1.95. The number of hydrogen-bond donors (Lipinski definition) is 2. The lowest BCUT2D eigenvalue weighted by Crippen LogP contribution is -2.23. The molecule has 0 bridgehead atoms. The summed E-state index contributed by atoms with van der Waals surface area (Å²) >= 11 is 3.23. The third-order valence-electron chi connectivity index (χ3n) is 2.49. The highest BCUT2D eigenvalue weighted by Crippen LogP contribution is 2.17. The summed E-state index contributed by atoms with van der Waals surface area (Å²) in [6.45, 7) is 0.0336. The maximum absolute atomic E-state index is 13.5. The Balaban J connectivity index is 2.09. The lowest BCUT2D eigenvalue weighted by Gasteiger charge is -2.07. The smallest absolute Gasteiger partial charge is 0.255 e. The molecule has 0 saturated carbocycles. The molecule has 98 valence electrons. The van der Waals surface area contributed by atoms with Gasteiger partial charge >= 0.3 is 0 Å². The zero-order valence-electron chi connectivity index (χ0n) is 9.73. The molecule has 0 saturated heterocycles. The van der Waals surface area contributed by atoms with Crippen molar-refractivity contribution in [2.45, 2.75) is 6.54 Å². The molecule has 1 amide bonds. The predicted octanol–water partition coefficient (Wildman–Crippen LogP) is 2.62. The molecule has 0 unspecified atom stereocenters. The van der Waals surface area contributed by atoms with E-state index in [9.17, 15) is 14.3 Å². The number of nitrogens with zero attached hydrogens (tertiary/aromatic N) is 1. The number of hydrogen-bond acceptors (Lipinski definition) is 3. The van der Waals surface area contributed by atoms with Crippen LogP contribution in [0.1, 0.15) is 15.9 Å². The summed E-state index contributed by atoms with van der Waals surface area (Å²) < 4.78 is 14.2. The molecule has 1 aromatic heterocycles. The largest absolute Gasteiger partial charge is 0.505 e. The maximum Gasteiger partial charge on any atom is 0.255 e. The second-order valence-electron chi connectivity index (χ2n) is 3.81. The van der Waals surface area contributed by atoms with Crippen LogP contribution >= 0.6 is 15.9 Å². The number of carbonyl (C=O) groups excluding carboxylic acids is 1. The Morgan fingerprint density at radius 1 is 1.42 bits per heavy atom. The highest BCUT2D eigenvalue weighted by molar-refractivity contribution is 9.10. The molecule has 2 aromatic rings. The van der Waals surface area contributed by atoms with Crippen LogP contribution in [0.2, 0.25) is 0 Å². The average molecular weight is 325 g/mol. The molecule has 0 atom stereocenters. The molecule has 1 aromatic carbocycles. The molecule has 0 fully saturated rings. The van der Waals surface area contributed by atoms with Crippen molar-refractivity contribution in [3.05, 3.63) is 58.1 Å². The van der Waals surface area contributed by atoms with Gasteiger partial charge in [0, 0.05) is 22.8 Å². The number of benzene rings is 1. The van der Waals surface area contributed by atoms with E-state index in [1.165, 1.54) is 24.5 Å². The zero-order valence-corrected chi connectivity index (χ0v) is 11.3. The van der Waals surface area contributed by atoms with Gasteiger partial charge in [0.15, 0.2) is 0 Å². The minimum atomic E-state index is -0.487. The molecule has 19 heavy (non-hydrogen) atoms. The normalized spacial score (nSPS) is 10.2. The molecule has 6 heteroatoms. The van der Waals surface area contributed by atoms with Gasteiger partial charge in [0.05, 0.1) is 11.8 Å². The third-order valence-corrected chi connectivity index (χ3v) is 2.99. The minimum absolute atomic E-state index is 0.0336. The van der Waals surface area contributed by atoms with E-state index in [1.807, 2.05) is 0 Å². The Morgan fingerprint density at radius 3 is 2.95 bits per heavy atom. The van der Waals surface area contributed by atoms with Crippen LogP contribution in [0, 0.1) is 5.82 Å². The van der Waals surface area contributed by atoms with Crippen LogP contribution in [-0.2, 0) is 6.54 Å². The van der Waals surface area contributed by atoms with E-state index in [1.54, 1.807) is 12.1 Å². The maximum atomic E-state index is 13.5. The highest BCUT2D eigenvalue weighted by atomic mass is 79.9. The number of nitrogens with one attached hydrogen (secondary N) is 1. The first-order valence-corrected chi connectivity index (χ1v) is 6.22. The van der Waals surface area contributed by atoms with Crippen molar-refractivity contribution >= 4 is 21.8 Å². The van der Waals surface area contributed by atoms with Crippen molar-refractivity contribution in [3.63, 3.8) is 0 Å². The number of amides is 1. The average Bonchev–Trinajstić information content (AvgIpc) is 2.40. The first kappa shape index (κ1) is 13.5. The highest BCUT2D eigenvalue weighted by Gasteiger charge is 2.11. The zero-order chi connectivity index (χ0) is 13.8. The topological polar surface area (TPSA) is 62.2 Å². The summed E-state index contributed by atoms with van der Waals surface area (Å²) in [7, 11) is 0. The van der Waals surface area contributed by atoms with E-state index in [0.717, 1.165) is 4.47 Å². The van der Waals surface area contributed by atoms with Crippen LogP contribution in [-0.4, -0.2) is 16.0 Å². The van der Waals surface area contributed by atoms with Gasteiger partial charge in [-0.25, -0.2) is 4.39 Å². The van der Waals surface area contributed by atoms with Crippen molar-refractivity contribution < 1.29 is 14.3 Å². The monoisotopic (exact) mass is 324 g/mol. The SMILES string of the molecule is O=C(NCc1cc(Br)ccc1F)c1ccncc1O. The van der Waals surface area contributed by atoms with Crippen LogP contribution in [0.4, 0.5) is 4.39 Å². The quantitative estimate of drug-likeness (QED) is 0.912. The number of aromatic hydroxyl groups is 1. The second kappa shape index (κ2) is 5.79. The summed E-state index contributed by atoms with van der Waals surface area (Å²) in [6, 6.07) is 5.87. The van der Waals surface area contributed by atoms with Gasteiger partial charge < -0.3 is 10.4 Å². The second-order valence-corrected chi connectivity index (χ2v) is 4.73. The Bertz CT molecular complexity index is 619. The third kappa shape index (κ3) is 3.29. The van der Waals surface area contributed by atoms with E-state index < -0.39 is 11.7 Å². The van der Waals surface area contributed by atoms with Crippen molar-refractivity contribution in [1.82, 2.24) is 10.3 Å². The molecule has 0 aliphatic rings. The first-order valence-electron chi connectivity index (χ1n) is 5.43.